The number of anilines is 1. The summed E-state index contributed by atoms with van der Waals surface area (Å²) in [5, 5.41) is 13.3. The summed E-state index contributed by atoms with van der Waals surface area (Å²) in [5.41, 5.74) is 1.11. The summed E-state index contributed by atoms with van der Waals surface area (Å²) in [5.74, 6) is -0.907. The van der Waals surface area contributed by atoms with E-state index in [0.29, 0.717) is 17.0 Å². The summed E-state index contributed by atoms with van der Waals surface area (Å²) in [6, 6.07) is 19.9. The first-order valence-corrected chi connectivity index (χ1v) is 7.37. The predicted octanol–water partition coefficient (Wildman–Crippen LogP) is 3.56. The fourth-order valence-corrected chi connectivity index (χ4v) is 2.43. The van der Waals surface area contributed by atoms with Crippen LogP contribution in [0.5, 0.6) is 5.75 Å². The monoisotopic (exact) mass is 321 g/mol. The van der Waals surface area contributed by atoms with Crippen LogP contribution in [0, 0.1) is 0 Å². The number of carbonyl (C=O) groups is 2. The molecule has 3 aromatic carbocycles. The maximum atomic E-state index is 12.6. The topological polar surface area (TPSA) is 75.6 Å². The van der Waals surface area contributed by atoms with Gasteiger partial charge in [0.2, 0.25) is 0 Å². The Bertz CT molecular complexity index is 899. The Balaban J connectivity index is 1.81. The molecule has 3 aromatic rings. The average molecular weight is 321 g/mol. The summed E-state index contributed by atoms with van der Waals surface area (Å²) in [6.07, 6.45) is 0. The van der Waals surface area contributed by atoms with Crippen molar-refractivity contribution in [3.8, 4) is 5.75 Å². The minimum Gasteiger partial charge on any atom is -0.482 e. The van der Waals surface area contributed by atoms with Crippen LogP contribution in [0.2, 0.25) is 0 Å². The molecule has 5 nitrogen and oxygen atoms in total. The van der Waals surface area contributed by atoms with Crippen LogP contribution in [-0.2, 0) is 4.79 Å². The molecular formula is C19H15NO4. The molecule has 0 aromatic heterocycles. The van der Waals surface area contributed by atoms with Gasteiger partial charge in [-0.2, -0.15) is 0 Å². The van der Waals surface area contributed by atoms with E-state index in [1.165, 1.54) is 0 Å². The van der Waals surface area contributed by atoms with Gasteiger partial charge in [-0.15, -0.1) is 0 Å². The Hall–Kier alpha value is -3.34. The van der Waals surface area contributed by atoms with Crippen molar-refractivity contribution < 1.29 is 19.4 Å². The fraction of sp³-hybridized carbons (Fsp3) is 0.0526. The van der Waals surface area contributed by atoms with Gasteiger partial charge in [-0.25, -0.2) is 4.79 Å². The molecule has 0 aliphatic heterocycles. The molecule has 24 heavy (non-hydrogen) atoms. The number of benzene rings is 3. The molecule has 3 rings (SSSR count). The van der Waals surface area contributed by atoms with Gasteiger partial charge in [0.1, 0.15) is 5.75 Å². The molecule has 0 spiro atoms. The van der Waals surface area contributed by atoms with Crippen molar-refractivity contribution in [1.29, 1.82) is 0 Å². The third-order valence-corrected chi connectivity index (χ3v) is 3.49. The van der Waals surface area contributed by atoms with Crippen LogP contribution >= 0.6 is 0 Å². The van der Waals surface area contributed by atoms with E-state index >= 15 is 0 Å². The Morgan fingerprint density at radius 1 is 0.958 bits per heavy atom. The zero-order valence-electron chi connectivity index (χ0n) is 12.7. The van der Waals surface area contributed by atoms with Gasteiger partial charge in [-0.1, -0.05) is 42.5 Å². The second-order valence-electron chi connectivity index (χ2n) is 5.19. The maximum absolute atomic E-state index is 12.6. The molecule has 1 amide bonds. The number of hydrogen-bond donors (Lipinski definition) is 2. The number of fused-ring (bicyclic) bond motifs is 1. The standard InChI is InChI=1S/C19H15NO4/c21-18(22)12-24-15-8-4-7-14(11-15)20-19(23)17-10-3-6-13-5-1-2-9-16(13)17/h1-11H,12H2,(H,20,23)(H,21,22). The first-order valence-electron chi connectivity index (χ1n) is 7.37. The lowest BCUT2D eigenvalue weighted by Gasteiger charge is -2.10. The highest BCUT2D eigenvalue weighted by Gasteiger charge is 2.10. The van der Waals surface area contributed by atoms with Gasteiger partial charge in [-0.3, -0.25) is 4.79 Å². The van der Waals surface area contributed by atoms with Crippen LogP contribution in [0.25, 0.3) is 10.8 Å². The summed E-state index contributed by atoms with van der Waals surface area (Å²) < 4.78 is 5.11. The number of amides is 1. The summed E-state index contributed by atoms with van der Waals surface area (Å²) in [4.78, 5) is 23.1. The van der Waals surface area contributed by atoms with Gasteiger partial charge in [0.05, 0.1) is 0 Å². The molecule has 2 N–H and O–H groups in total. The summed E-state index contributed by atoms with van der Waals surface area (Å²) >= 11 is 0. The van der Waals surface area contributed by atoms with Crippen molar-refractivity contribution in [2.75, 3.05) is 11.9 Å². The highest BCUT2D eigenvalue weighted by molar-refractivity contribution is 6.12. The van der Waals surface area contributed by atoms with Crippen LogP contribution < -0.4 is 10.1 Å². The van der Waals surface area contributed by atoms with E-state index in [4.69, 9.17) is 9.84 Å². The number of ether oxygens (including phenoxy) is 1. The number of carbonyl (C=O) groups excluding carboxylic acids is 1. The highest BCUT2D eigenvalue weighted by Crippen LogP contribution is 2.21. The van der Waals surface area contributed by atoms with Crippen LogP contribution in [-0.4, -0.2) is 23.6 Å². The zero-order chi connectivity index (χ0) is 16.9. The van der Waals surface area contributed by atoms with Crippen LogP contribution in [0.3, 0.4) is 0 Å². The number of rotatable bonds is 5. The van der Waals surface area contributed by atoms with E-state index in [9.17, 15) is 9.59 Å². The molecular weight excluding hydrogens is 306 g/mol. The zero-order valence-corrected chi connectivity index (χ0v) is 12.7. The van der Waals surface area contributed by atoms with Gasteiger partial charge in [0.25, 0.3) is 5.91 Å². The van der Waals surface area contributed by atoms with Gasteiger partial charge >= 0.3 is 5.97 Å². The van der Waals surface area contributed by atoms with Crippen molar-refractivity contribution in [3.05, 3.63) is 72.3 Å². The lowest BCUT2D eigenvalue weighted by atomic mass is 10.0. The quantitative estimate of drug-likeness (QED) is 0.753. The molecule has 0 saturated carbocycles. The molecule has 0 bridgehead atoms. The van der Waals surface area contributed by atoms with Crippen LogP contribution in [0.4, 0.5) is 5.69 Å². The second kappa shape index (κ2) is 6.83. The molecule has 0 radical (unpaired) electrons. The number of nitrogens with one attached hydrogen (secondary N) is 1. The van der Waals surface area contributed by atoms with Gasteiger partial charge < -0.3 is 15.2 Å². The third-order valence-electron chi connectivity index (χ3n) is 3.49. The predicted molar refractivity (Wildman–Crippen MR) is 91.5 cm³/mol. The van der Waals surface area contributed by atoms with E-state index in [1.54, 1.807) is 30.3 Å². The first kappa shape index (κ1) is 15.6. The minimum atomic E-state index is -1.06. The van der Waals surface area contributed by atoms with Gasteiger partial charge in [-0.05, 0) is 29.0 Å². The third kappa shape index (κ3) is 3.52. The Kier molecular flexibility index (Phi) is 4.43. The molecule has 0 atom stereocenters. The summed E-state index contributed by atoms with van der Waals surface area (Å²) in [7, 11) is 0. The Labute approximate surface area is 138 Å². The summed E-state index contributed by atoms with van der Waals surface area (Å²) in [6.45, 7) is -0.430. The maximum Gasteiger partial charge on any atom is 0.341 e. The molecule has 0 aliphatic carbocycles. The largest absolute Gasteiger partial charge is 0.482 e. The van der Waals surface area contributed by atoms with E-state index in [-0.39, 0.29) is 5.91 Å². The molecule has 120 valence electrons. The van der Waals surface area contributed by atoms with Crippen LogP contribution in [0.15, 0.2) is 66.7 Å². The normalized spacial score (nSPS) is 10.3. The smallest absolute Gasteiger partial charge is 0.341 e. The van der Waals surface area contributed by atoms with Crippen molar-refractivity contribution in [3.63, 3.8) is 0 Å². The molecule has 0 saturated heterocycles. The molecule has 0 fully saturated rings. The van der Waals surface area contributed by atoms with Gasteiger partial charge in [0, 0.05) is 17.3 Å². The molecule has 0 unspecified atom stereocenters. The lowest BCUT2D eigenvalue weighted by molar-refractivity contribution is -0.139. The van der Waals surface area contributed by atoms with Crippen LogP contribution in [0.1, 0.15) is 10.4 Å². The fourth-order valence-electron chi connectivity index (χ4n) is 2.43. The second-order valence-corrected chi connectivity index (χ2v) is 5.19. The SMILES string of the molecule is O=C(O)COc1cccc(NC(=O)c2cccc3ccccc23)c1. The van der Waals surface area contributed by atoms with E-state index in [1.807, 2.05) is 36.4 Å². The van der Waals surface area contributed by atoms with Crippen molar-refractivity contribution in [1.82, 2.24) is 0 Å². The van der Waals surface area contributed by atoms with E-state index in [0.717, 1.165) is 10.8 Å². The lowest BCUT2D eigenvalue weighted by Crippen LogP contribution is -2.13. The number of aliphatic carboxylic acids is 1. The van der Waals surface area contributed by atoms with Crippen molar-refractivity contribution in [2.24, 2.45) is 0 Å². The van der Waals surface area contributed by atoms with E-state index < -0.39 is 12.6 Å². The minimum absolute atomic E-state index is 0.234. The Morgan fingerprint density at radius 3 is 2.54 bits per heavy atom. The van der Waals surface area contributed by atoms with Crippen molar-refractivity contribution in [2.45, 2.75) is 0 Å². The average Bonchev–Trinajstić information content (AvgIpc) is 2.60. The number of carboxylic acid groups (broad SMARTS) is 1. The number of hydrogen-bond acceptors (Lipinski definition) is 3. The highest BCUT2D eigenvalue weighted by atomic mass is 16.5. The van der Waals surface area contributed by atoms with E-state index in [2.05, 4.69) is 5.32 Å². The molecule has 5 heteroatoms. The first-order chi connectivity index (χ1) is 11.6. The molecule has 0 aliphatic rings. The van der Waals surface area contributed by atoms with Gasteiger partial charge in [0.15, 0.2) is 6.61 Å². The molecule has 0 heterocycles. The number of carboxylic acids is 1. The van der Waals surface area contributed by atoms with Crippen molar-refractivity contribution >= 4 is 28.3 Å². The Morgan fingerprint density at radius 2 is 1.71 bits per heavy atom.